The van der Waals surface area contributed by atoms with Crippen LogP contribution in [0.5, 0.6) is 11.5 Å². The van der Waals surface area contributed by atoms with Crippen molar-refractivity contribution in [2.24, 2.45) is 0 Å². The maximum atomic E-state index is 6.26. The van der Waals surface area contributed by atoms with E-state index in [1.54, 1.807) is 14.2 Å². The van der Waals surface area contributed by atoms with Crippen molar-refractivity contribution >= 4 is 33.9 Å². The number of benzene rings is 3. The van der Waals surface area contributed by atoms with E-state index >= 15 is 0 Å². The molecule has 0 saturated heterocycles. The van der Waals surface area contributed by atoms with Crippen LogP contribution < -0.4 is 9.47 Å². The monoisotopic (exact) mass is 416 g/mol. The molecule has 5 aromatic rings. The van der Waals surface area contributed by atoms with Crippen molar-refractivity contribution in [3.05, 3.63) is 71.8 Å². The number of para-hydroxylation sites is 2. The van der Waals surface area contributed by atoms with E-state index in [1.807, 2.05) is 71.3 Å². The van der Waals surface area contributed by atoms with Gasteiger partial charge in [0.2, 0.25) is 0 Å². The number of ether oxygens (including phenoxy) is 2. The van der Waals surface area contributed by atoms with Gasteiger partial charge in [-0.1, -0.05) is 35.9 Å². The molecular weight excluding hydrogens is 400 g/mol. The van der Waals surface area contributed by atoms with Gasteiger partial charge in [0.25, 0.3) is 0 Å². The summed E-state index contributed by atoms with van der Waals surface area (Å²) in [6, 6.07) is 20.9. The van der Waals surface area contributed by atoms with E-state index in [1.165, 1.54) is 0 Å². The summed E-state index contributed by atoms with van der Waals surface area (Å²) in [5.74, 6) is 2.01. The maximum Gasteiger partial charge on any atom is 0.199 e. The van der Waals surface area contributed by atoms with Crippen molar-refractivity contribution in [3.63, 3.8) is 0 Å². The van der Waals surface area contributed by atoms with Gasteiger partial charge in [0.15, 0.2) is 11.3 Å². The summed E-state index contributed by atoms with van der Waals surface area (Å²) in [7, 11) is 3.24. The fourth-order valence-electron chi connectivity index (χ4n) is 3.44. The summed E-state index contributed by atoms with van der Waals surface area (Å²) >= 11 is 6.26. The number of hydrogen-bond acceptors (Lipinski definition) is 5. The standard InChI is InChI=1S/C23H17ClN4O2/c1-29-17-11-16(12-18(13-17)30-2)28-22(14-6-5-7-15(24)10-14)27-21-23(28)26-20-9-4-3-8-19(20)25-21/h3-13H,1-2H3. The van der Waals surface area contributed by atoms with Crippen LogP contribution in [-0.4, -0.2) is 33.7 Å². The predicted octanol–water partition coefficient (Wildman–Crippen LogP) is 5.31. The average molecular weight is 417 g/mol. The molecule has 5 rings (SSSR count). The lowest BCUT2D eigenvalue weighted by Crippen LogP contribution is -2.01. The van der Waals surface area contributed by atoms with Crippen LogP contribution in [0.3, 0.4) is 0 Å². The van der Waals surface area contributed by atoms with Crippen LogP contribution in [0.1, 0.15) is 0 Å². The van der Waals surface area contributed by atoms with Gasteiger partial charge >= 0.3 is 0 Å². The Bertz CT molecular complexity index is 1370. The Morgan fingerprint density at radius 3 is 2.13 bits per heavy atom. The van der Waals surface area contributed by atoms with Crippen LogP contribution in [0.25, 0.3) is 39.4 Å². The number of fused-ring (bicyclic) bond motifs is 2. The van der Waals surface area contributed by atoms with Crippen molar-refractivity contribution in [1.29, 1.82) is 0 Å². The van der Waals surface area contributed by atoms with Crippen LogP contribution in [-0.2, 0) is 0 Å². The first-order chi connectivity index (χ1) is 14.7. The lowest BCUT2D eigenvalue weighted by molar-refractivity contribution is 0.394. The van der Waals surface area contributed by atoms with Crippen molar-refractivity contribution < 1.29 is 9.47 Å². The second kappa shape index (κ2) is 7.31. The molecule has 0 aliphatic rings. The molecule has 6 nitrogen and oxygen atoms in total. The van der Waals surface area contributed by atoms with E-state index in [2.05, 4.69) is 0 Å². The van der Waals surface area contributed by atoms with Crippen LogP contribution >= 0.6 is 11.6 Å². The fourth-order valence-corrected chi connectivity index (χ4v) is 3.63. The Hall–Kier alpha value is -3.64. The first kappa shape index (κ1) is 18.4. The minimum absolute atomic E-state index is 0.547. The molecule has 0 saturated carbocycles. The highest BCUT2D eigenvalue weighted by Gasteiger charge is 2.19. The molecule has 0 aliphatic carbocycles. The van der Waals surface area contributed by atoms with Gasteiger partial charge in [-0.2, -0.15) is 0 Å². The maximum absolute atomic E-state index is 6.26. The average Bonchev–Trinajstić information content (AvgIpc) is 3.15. The Labute approximate surface area is 177 Å². The third kappa shape index (κ3) is 3.11. The third-order valence-electron chi connectivity index (χ3n) is 4.85. The molecule has 3 aromatic carbocycles. The highest BCUT2D eigenvalue weighted by atomic mass is 35.5. The SMILES string of the molecule is COc1cc(OC)cc(-n2c(-c3cccc(Cl)c3)nc3nc4ccccc4nc32)c1. The molecule has 0 N–H and O–H groups in total. The van der Waals surface area contributed by atoms with Gasteiger partial charge in [0, 0.05) is 28.8 Å². The van der Waals surface area contributed by atoms with Gasteiger partial charge in [-0.15, -0.1) is 0 Å². The number of imidazole rings is 1. The molecule has 0 radical (unpaired) electrons. The van der Waals surface area contributed by atoms with Gasteiger partial charge in [-0.3, -0.25) is 4.57 Å². The van der Waals surface area contributed by atoms with E-state index in [0.717, 1.165) is 22.3 Å². The molecule has 2 aromatic heterocycles. The number of halogens is 1. The minimum Gasteiger partial charge on any atom is -0.497 e. The minimum atomic E-state index is 0.547. The molecule has 148 valence electrons. The highest BCUT2D eigenvalue weighted by molar-refractivity contribution is 6.30. The predicted molar refractivity (Wildman–Crippen MR) is 118 cm³/mol. The quantitative estimate of drug-likeness (QED) is 0.397. The topological polar surface area (TPSA) is 62.1 Å². The smallest absolute Gasteiger partial charge is 0.199 e. The van der Waals surface area contributed by atoms with Crippen molar-refractivity contribution in [1.82, 2.24) is 19.5 Å². The zero-order valence-corrected chi connectivity index (χ0v) is 17.1. The summed E-state index contributed by atoms with van der Waals surface area (Å²) < 4.78 is 12.9. The van der Waals surface area contributed by atoms with E-state index in [-0.39, 0.29) is 0 Å². The van der Waals surface area contributed by atoms with E-state index in [0.29, 0.717) is 33.6 Å². The molecule has 2 heterocycles. The first-order valence-corrected chi connectivity index (χ1v) is 9.68. The van der Waals surface area contributed by atoms with Crippen molar-refractivity contribution in [2.45, 2.75) is 0 Å². The Morgan fingerprint density at radius 2 is 1.47 bits per heavy atom. The molecule has 0 fully saturated rings. The summed E-state index contributed by atoms with van der Waals surface area (Å²) in [6.45, 7) is 0. The number of nitrogens with zero attached hydrogens (tertiary/aromatic N) is 4. The molecule has 7 heteroatoms. The van der Waals surface area contributed by atoms with Crippen LogP contribution in [0.2, 0.25) is 5.02 Å². The van der Waals surface area contributed by atoms with Gasteiger partial charge in [-0.25, -0.2) is 15.0 Å². The number of hydrogen-bond donors (Lipinski definition) is 0. The molecule has 30 heavy (non-hydrogen) atoms. The number of rotatable bonds is 4. The number of methoxy groups -OCH3 is 2. The third-order valence-corrected chi connectivity index (χ3v) is 5.08. The fraction of sp³-hybridized carbons (Fsp3) is 0.0870. The normalized spacial score (nSPS) is 11.2. The zero-order chi connectivity index (χ0) is 20.7. The zero-order valence-electron chi connectivity index (χ0n) is 16.3. The highest BCUT2D eigenvalue weighted by Crippen LogP contribution is 2.33. The van der Waals surface area contributed by atoms with Crippen LogP contribution in [0, 0.1) is 0 Å². The molecule has 0 unspecified atom stereocenters. The molecule has 0 amide bonds. The van der Waals surface area contributed by atoms with Gasteiger partial charge < -0.3 is 9.47 Å². The Balaban J connectivity index is 1.88. The molecule has 0 bridgehead atoms. The van der Waals surface area contributed by atoms with Gasteiger partial charge in [0.05, 0.1) is 30.9 Å². The van der Waals surface area contributed by atoms with Crippen molar-refractivity contribution in [2.75, 3.05) is 14.2 Å². The summed E-state index contributed by atoms with van der Waals surface area (Å²) in [5, 5.41) is 0.625. The molecular formula is C23H17ClN4O2. The second-order valence-corrected chi connectivity index (χ2v) is 7.15. The summed E-state index contributed by atoms with van der Waals surface area (Å²) in [6.07, 6.45) is 0. The Morgan fingerprint density at radius 1 is 0.767 bits per heavy atom. The van der Waals surface area contributed by atoms with Gasteiger partial charge in [-0.05, 0) is 24.3 Å². The largest absolute Gasteiger partial charge is 0.497 e. The first-order valence-electron chi connectivity index (χ1n) is 9.31. The van der Waals surface area contributed by atoms with Crippen molar-refractivity contribution in [3.8, 4) is 28.6 Å². The number of aromatic nitrogens is 4. The molecule has 0 aliphatic heterocycles. The van der Waals surface area contributed by atoms with Gasteiger partial charge in [0.1, 0.15) is 17.3 Å². The summed E-state index contributed by atoms with van der Waals surface area (Å²) in [4.78, 5) is 14.4. The summed E-state index contributed by atoms with van der Waals surface area (Å²) in [5.41, 5.74) is 4.42. The Kier molecular flexibility index (Phi) is 4.48. The second-order valence-electron chi connectivity index (χ2n) is 6.71. The molecule has 0 atom stereocenters. The lowest BCUT2D eigenvalue weighted by Gasteiger charge is -2.12. The van der Waals surface area contributed by atoms with E-state index < -0.39 is 0 Å². The van der Waals surface area contributed by atoms with Crippen LogP contribution in [0.4, 0.5) is 0 Å². The molecule has 0 spiro atoms. The van der Waals surface area contributed by atoms with Crippen LogP contribution in [0.15, 0.2) is 66.7 Å². The van der Waals surface area contributed by atoms with E-state index in [4.69, 9.17) is 36.0 Å². The van der Waals surface area contributed by atoms with E-state index in [9.17, 15) is 0 Å². The lowest BCUT2D eigenvalue weighted by atomic mass is 10.2.